The third-order valence-corrected chi connectivity index (χ3v) is 2.06. The predicted octanol–water partition coefficient (Wildman–Crippen LogP) is 3.12. The highest BCUT2D eigenvalue weighted by Crippen LogP contribution is 2.15. The summed E-state index contributed by atoms with van der Waals surface area (Å²) in [6.45, 7) is 4.45. The van der Waals surface area contributed by atoms with Gasteiger partial charge in [0.15, 0.2) is 0 Å². The van der Waals surface area contributed by atoms with Crippen molar-refractivity contribution >= 4 is 0 Å². The second-order valence-electron chi connectivity index (χ2n) is 2.73. The summed E-state index contributed by atoms with van der Waals surface area (Å²) in [6, 6.07) is 2.17. The molecule has 0 aliphatic heterocycles. The van der Waals surface area contributed by atoms with Crippen molar-refractivity contribution in [3.8, 4) is 6.07 Å². The van der Waals surface area contributed by atoms with E-state index in [4.69, 9.17) is 5.26 Å². The maximum atomic E-state index is 8.27. The molecule has 0 saturated heterocycles. The first-order valence-corrected chi connectivity index (χ1v) is 4.22. The summed E-state index contributed by atoms with van der Waals surface area (Å²) in [5.74, 6) is 0.855. The maximum Gasteiger partial charge on any atom is 0.0621 e. The van der Waals surface area contributed by atoms with Gasteiger partial charge in [-0.15, -0.1) is 0 Å². The number of nitrogens with zero attached hydrogens (tertiary/aromatic N) is 1. The van der Waals surface area contributed by atoms with E-state index in [0.29, 0.717) is 0 Å². The van der Waals surface area contributed by atoms with Gasteiger partial charge in [-0.25, -0.2) is 0 Å². The van der Waals surface area contributed by atoms with Gasteiger partial charge in [-0.05, 0) is 18.8 Å². The Morgan fingerprint density at radius 2 is 1.90 bits per heavy atom. The second kappa shape index (κ2) is 6.61. The molecule has 0 amide bonds. The van der Waals surface area contributed by atoms with Gasteiger partial charge in [0.1, 0.15) is 0 Å². The Bertz CT molecular complexity index is 97.8. The van der Waals surface area contributed by atoms with Crippen molar-refractivity contribution in [3.63, 3.8) is 0 Å². The van der Waals surface area contributed by atoms with E-state index in [1.165, 1.54) is 19.3 Å². The molecule has 0 aliphatic carbocycles. The quantitative estimate of drug-likeness (QED) is 0.537. The lowest BCUT2D eigenvalue weighted by molar-refractivity contribution is 0.444. The van der Waals surface area contributed by atoms with Crippen molar-refractivity contribution in [2.45, 2.75) is 46.0 Å². The van der Waals surface area contributed by atoms with Crippen LogP contribution in [0.4, 0.5) is 0 Å². The molecular weight excluding hydrogens is 122 g/mol. The molecule has 58 valence electrons. The SMILES string of the molecule is CCC(CC)CCCC#N. The van der Waals surface area contributed by atoms with Crippen LogP contribution in [0.5, 0.6) is 0 Å². The second-order valence-corrected chi connectivity index (χ2v) is 2.73. The fourth-order valence-corrected chi connectivity index (χ4v) is 1.17. The van der Waals surface area contributed by atoms with Crippen LogP contribution in [0.3, 0.4) is 0 Å². The summed E-state index contributed by atoms with van der Waals surface area (Å²) in [5.41, 5.74) is 0. The zero-order valence-electron chi connectivity index (χ0n) is 7.06. The molecule has 10 heavy (non-hydrogen) atoms. The van der Waals surface area contributed by atoms with E-state index in [1.54, 1.807) is 0 Å². The highest BCUT2D eigenvalue weighted by molar-refractivity contribution is 4.69. The van der Waals surface area contributed by atoms with Gasteiger partial charge in [-0.1, -0.05) is 26.7 Å². The molecule has 0 aromatic carbocycles. The average Bonchev–Trinajstić information content (AvgIpc) is 1.99. The van der Waals surface area contributed by atoms with Gasteiger partial charge in [0.05, 0.1) is 6.07 Å². The summed E-state index contributed by atoms with van der Waals surface area (Å²) in [4.78, 5) is 0. The largest absolute Gasteiger partial charge is 0.198 e. The van der Waals surface area contributed by atoms with Crippen molar-refractivity contribution in [1.82, 2.24) is 0 Å². The van der Waals surface area contributed by atoms with Gasteiger partial charge in [0.25, 0.3) is 0 Å². The Hall–Kier alpha value is -0.510. The lowest BCUT2D eigenvalue weighted by Crippen LogP contribution is -1.95. The lowest BCUT2D eigenvalue weighted by Gasteiger charge is -2.09. The Balaban J connectivity index is 3.19. The summed E-state index contributed by atoms with van der Waals surface area (Å²) in [6.07, 6.45) is 5.59. The monoisotopic (exact) mass is 139 g/mol. The van der Waals surface area contributed by atoms with Crippen LogP contribution in [0.1, 0.15) is 46.0 Å². The van der Waals surface area contributed by atoms with Crippen LogP contribution in [-0.2, 0) is 0 Å². The first-order valence-electron chi connectivity index (χ1n) is 4.22. The van der Waals surface area contributed by atoms with Crippen molar-refractivity contribution in [1.29, 1.82) is 5.26 Å². The molecule has 0 aliphatic rings. The van der Waals surface area contributed by atoms with Crippen LogP contribution < -0.4 is 0 Å². The van der Waals surface area contributed by atoms with E-state index in [9.17, 15) is 0 Å². The van der Waals surface area contributed by atoms with E-state index in [-0.39, 0.29) is 0 Å². The Kier molecular flexibility index (Phi) is 6.27. The zero-order chi connectivity index (χ0) is 7.82. The van der Waals surface area contributed by atoms with Crippen LogP contribution in [-0.4, -0.2) is 0 Å². The van der Waals surface area contributed by atoms with E-state index < -0.39 is 0 Å². The molecule has 0 bridgehead atoms. The molecule has 0 spiro atoms. The molecule has 0 unspecified atom stereocenters. The fourth-order valence-electron chi connectivity index (χ4n) is 1.17. The van der Waals surface area contributed by atoms with Gasteiger partial charge in [0, 0.05) is 6.42 Å². The molecule has 0 heterocycles. The Morgan fingerprint density at radius 3 is 2.30 bits per heavy atom. The van der Waals surface area contributed by atoms with Gasteiger partial charge in [-0.3, -0.25) is 0 Å². The number of hydrogen-bond donors (Lipinski definition) is 0. The molecule has 0 rings (SSSR count). The van der Waals surface area contributed by atoms with Crippen LogP contribution in [0, 0.1) is 17.2 Å². The molecule has 0 aromatic rings. The molecule has 0 aromatic heterocycles. The van der Waals surface area contributed by atoms with Gasteiger partial charge in [0.2, 0.25) is 0 Å². The highest BCUT2D eigenvalue weighted by Gasteiger charge is 2.01. The highest BCUT2D eigenvalue weighted by atomic mass is 14.2. The normalized spacial score (nSPS) is 9.80. The van der Waals surface area contributed by atoms with Gasteiger partial charge >= 0.3 is 0 Å². The van der Waals surface area contributed by atoms with Crippen LogP contribution in [0.2, 0.25) is 0 Å². The van der Waals surface area contributed by atoms with Crippen molar-refractivity contribution in [2.24, 2.45) is 5.92 Å². The number of rotatable bonds is 5. The molecule has 0 radical (unpaired) electrons. The minimum atomic E-state index is 0.733. The average molecular weight is 139 g/mol. The number of nitriles is 1. The van der Waals surface area contributed by atoms with Crippen molar-refractivity contribution in [2.75, 3.05) is 0 Å². The molecule has 0 saturated carbocycles. The summed E-state index contributed by atoms with van der Waals surface area (Å²) in [7, 11) is 0. The summed E-state index contributed by atoms with van der Waals surface area (Å²) >= 11 is 0. The maximum absolute atomic E-state index is 8.27. The number of hydrogen-bond acceptors (Lipinski definition) is 1. The summed E-state index contributed by atoms with van der Waals surface area (Å²) < 4.78 is 0. The van der Waals surface area contributed by atoms with Gasteiger partial charge < -0.3 is 0 Å². The van der Waals surface area contributed by atoms with Crippen LogP contribution >= 0.6 is 0 Å². The smallest absolute Gasteiger partial charge is 0.0621 e. The first-order chi connectivity index (χ1) is 4.85. The molecule has 0 atom stereocenters. The first kappa shape index (κ1) is 9.49. The topological polar surface area (TPSA) is 23.8 Å². The van der Waals surface area contributed by atoms with E-state index >= 15 is 0 Å². The zero-order valence-corrected chi connectivity index (χ0v) is 7.06. The third-order valence-electron chi connectivity index (χ3n) is 2.06. The van der Waals surface area contributed by atoms with Crippen LogP contribution in [0.25, 0.3) is 0 Å². The van der Waals surface area contributed by atoms with E-state index in [0.717, 1.165) is 18.8 Å². The van der Waals surface area contributed by atoms with E-state index in [1.807, 2.05) is 0 Å². The van der Waals surface area contributed by atoms with E-state index in [2.05, 4.69) is 19.9 Å². The Morgan fingerprint density at radius 1 is 1.30 bits per heavy atom. The fraction of sp³-hybridized carbons (Fsp3) is 0.889. The molecular formula is C9H17N. The predicted molar refractivity (Wildman–Crippen MR) is 43.5 cm³/mol. The molecule has 0 N–H and O–H groups in total. The molecule has 0 fully saturated rings. The summed E-state index contributed by atoms with van der Waals surface area (Å²) in [5, 5.41) is 8.27. The van der Waals surface area contributed by atoms with Crippen LogP contribution in [0.15, 0.2) is 0 Å². The lowest BCUT2D eigenvalue weighted by atomic mass is 9.97. The standard InChI is InChI=1S/C9H17N/c1-3-9(4-2)7-5-6-8-10/h9H,3-7H2,1-2H3. The van der Waals surface area contributed by atoms with Crippen molar-refractivity contribution in [3.05, 3.63) is 0 Å². The number of unbranched alkanes of at least 4 members (excludes halogenated alkanes) is 1. The Labute approximate surface area is 64.1 Å². The minimum Gasteiger partial charge on any atom is -0.198 e. The third kappa shape index (κ3) is 4.38. The minimum absolute atomic E-state index is 0.733. The van der Waals surface area contributed by atoms with Gasteiger partial charge in [-0.2, -0.15) is 5.26 Å². The molecule has 1 heteroatoms. The molecule has 1 nitrogen and oxygen atoms in total. The van der Waals surface area contributed by atoms with Crippen molar-refractivity contribution < 1.29 is 0 Å².